The lowest BCUT2D eigenvalue weighted by Gasteiger charge is -2.44. The minimum atomic E-state index is -2.88. The van der Waals surface area contributed by atoms with Gasteiger partial charge in [-0.05, 0) is 75.6 Å². The fraction of sp³-hybridized carbons (Fsp3) is 0.385. The van der Waals surface area contributed by atoms with Crippen molar-refractivity contribution in [2.75, 3.05) is 12.0 Å². The molecule has 0 aliphatic heterocycles. The number of hydrogen-bond donors (Lipinski definition) is 0. The Balaban J connectivity index is 0.000000383. The van der Waals surface area contributed by atoms with Gasteiger partial charge >= 0.3 is 0 Å². The van der Waals surface area contributed by atoms with Gasteiger partial charge in [-0.25, -0.2) is 8.42 Å². The Kier molecular flexibility index (Phi) is 6.17. The van der Waals surface area contributed by atoms with Crippen molar-refractivity contribution in [1.29, 1.82) is 0 Å². The van der Waals surface area contributed by atoms with Gasteiger partial charge in [-0.3, -0.25) is 0 Å². The molecule has 0 bridgehead atoms. The number of rotatable bonds is 3. The summed E-state index contributed by atoms with van der Waals surface area (Å²) in [6.07, 6.45) is 10.2. The summed E-state index contributed by atoms with van der Waals surface area (Å²) in [4.78, 5) is 0. The van der Waals surface area contributed by atoms with E-state index in [1.165, 1.54) is 28.2 Å². The van der Waals surface area contributed by atoms with Crippen molar-refractivity contribution in [2.45, 2.75) is 38.5 Å². The largest absolute Gasteiger partial charge is 0.229 e. The number of thiophene rings is 1. The van der Waals surface area contributed by atoms with E-state index >= 15 is 0 Å². The molecule has 1 aromatic heterocycles. The molecule has 3 aromatic rings. The SMILES string of the molecule is CC1(CCS(C)(=O)=O)CCC2c3ccc4ccccc4c3C=CC2C1.c1ccsc1. The standard InChI is InChI=1S/C22H26O2S.C4H4S/c1-22(13-14-25(2,23)24)12-11-19-17(15-22)8-10-20-18-6-4-3-5-16(18)7-9-21(19)20;1-2-4-5-3-1/h3-10,17,19H,11-15H2,1-2H3;1-4H. The maximum atomic E-state index is 11.6. The van der Waals surface area contributed by atoms with E-state index in [4.69, 9.17) is 0 Å². The van der Waals surface area contributed by atoms with E-state index in [1.54, 1.807) is 11.3 Å². The Morgan fingerprint density at radius 2 is 1.83 bits per heavy atom. The summed E-state index contributed by atoms with van der Waals surface area (Å²) in [6, 6.07) is 17.2. The minimum Gasteiger partial charge on any atom is -0.229 e. The van der Waals surface area contributed by atoms with E-state index in [0.29, 0.717) is 17.6 Å². The molecule has 4 heteroatoms. The van der Waals surface area contributed by atoms with Gasteiger partial charge < -0.3 is 0 Å². The second kappa shape index (κ2) is 8.68. The summed E-state index contributed by atoms with van der Waals surface area (Å²) >= 11 is 1.71. The zero-order valence-corrected chi connectivity index (χ0v) is 19.4. The quantitative estimate of drug-likeness (QED) is 0.444. The fourth-order valence-corrected chi connectivity index (χ4v) is 6.36. The van der Waals surface area contributed by atoms with Gasteiger partial charge in [0.15, 0.2) is 0 Å². The average Bonchev–Trinajstić information content (AvgIpc) is 3.31. The highest BCUT2D eigenvalue weighted by Gasteiger charge is 2.39. The molecule has 158 valence electrons. The highest BCUT2D eigenvalue weighted by Crippen LogP contribution is 2.52. The summed E-state index contributed by atoms with van der Waals surface area (Å²) in [5.41, 5.74) is 3.01. The maximum Gasteiger partial charge on any atom is 0.147 e. The molecule has 3 unspecified atom stereocenters. The van der Waals surface area contributed by atoms with Crippen molar-refractivity contribution < 1.29 is 8.42 Å². The molecule has 5 rings (SSSR count). The van der Waals surface area contributed by atoms with Crippen LogP contribution in [0.2, 0.25) is 0 Å². The predicted molar refractivity (Wildman–Crippen MR) is 130 cm³/mol. The van der Waals surface area contributed by atoms with Crippen molar-refractivity contribution in [1.82, 2.24) is 0 Å². The number of fused-ring (bicyclic) bond motifs is 5. The van der Waals surface area contributed by atoms with Crippen LogP contribution in [0.5, 0.6) is 0 Å². The molecule has 0 radical (unpaired) electrons. The molecule has 0 spiro atoms. The number of benzene rings is 2. The van der Waals surface area contributed by atoms with Crippen LogP contribution < -0.4 is 0 Å². The smallest absolute Gasteiger partial charge is 0.147 e. The zero-order chi connectivity index (χ0) is 21.2. The van der Waals surface area contributed by atoms with Gasteiger partial charge in [-0.15, -0.1) is 0 Å². The Morgan fingerprint density at radius 3 is 2.53 bits per heavy atom. The Morgan fingerprint density at radius 1 is 1.07 bits per heavy atom. The highest BCUT2D eigenvalue weighted by atomic mass is 32.2. The van der Waals surface area contributed by atoms with Crippen molar-refractivity contribution in [3.63, 3.8) is 0 Å². The molecule has 1 saturated carbocycles. The second-order valence-corrected chi connectivity index (χ2v) is 12.2. The molecule has 2 aliphatic carbocycles. The third kappa shape index (κ3) is 4.87. The third-order valence-corrected chi connectivity index (χ3v) is 8.29. The van der Waals surface area contributed by atoms with Gasteiger partial charge in [-0.2, -0.15) is 11.3 Å². The number of hydrogen-bond acceptors (Lipinski definition) is 3. The van der Waals surface area contributed by atoms with Crippen molar-refractivity contribution >= 4 is 38.0 Å². The van der Waals surface area contributed by atoms with Crippen LogP contribution in [0.3, 0.4) is 0 Å². The molecule has 1 heterocycles. The van der Waals surface area contributed by atoms with Crippen LogP contribution in [0, 0.1) is 11.3 Å². The first kappa shape index (κ1) is 21.3. The van der Waals surface area contributed by atoms with Crippen molar-refractivity contribution in [3.05, 3.63) is 76.5 Å². The van der Waals surface area contributed by atoms with Crippen molar-refractivity contribution in [3.8, 4) is 0 Å². The van der Waals surface area contributed by atoms with Gasteiger partial charge in [0, 0.05) is 6.26 Å². The third-order valence-electron chi connectivity index (χ3n) is 6.72. The monoisotopic (exact) mass is 438 g/mol. The molecule has 30 heavy (non-hydrogen) atoms. The molecule has 3 atom stereocenters. The molecule has 2 aliphatic rings. The van der Waals surface area contributed by atoms with E-state index in [2.05, 4.69) is 55.5 Å². The first-order valence-corrected chi connectivity index (χ1v) is 13.7. The van der Waals surface area contributed by atoms with Crippen LogP contribution in [0.25, 0.3) is 16.8 Å². The average molecular weight is 439 g/mol. The molecule has 0 amide bonds. The number of allylic oxidation sites excluding steroid dienone is 1. The molecular weight excluding hydrogens is 408 g/mol. The van der Waals surface area contributed by atoms with Gasteiger partial charge in [0.05, 0.1) is 5.75 Å². The van der Waals surface area contributed by atoms with E-state index in [-0.39, 0.29) is 5.41 Å². The van der Waals surface area contributed by atoms with E-state index in [1.807, 2.05) is 22.9 Å². The first-order chi connectivity index (χ1) is 14.3. The topological polar surface area (TPSA) is 34.1 Å². The van der Waals surface area contributed by atoms with Crippen LogP contribution in [0.4, 0.5) is 0 Å². The Labute approximate surface area is 184 Å². The molecule has 0 N–H and O–H groups in total. The van der Waals surface area contributed by atoms with Crippen LogP contribution >= 0.6 is 11.3 Å². The Bertz CT molecular complexity index is 1110. The molecule has 2 nitrogen and oxygen atoms in total. The summed E-state index contributed by atoms with van der Waals surface area (Å²) in [5.74, 6) is 1.43. The molecule has 2 aromatic carbocycles. The second-order valence-electron chi connectivity index (χ2n) is 9.15. The maximum absolute atomic E-state index is 11.6. The zero-order valence-electron chi connectivity index (χ0n) is 17.8. The Hall–Kier alpha value is -1.91. The first-order valence-electron chi connectivity index (χ1n) is 10.7. The molecular formula is C26H30O2S2. The highest BCUT2D eigenvalue weighted by molar-refractivity contribution is 7.90. The van der Waals surface area contributed by atoms with Crippen LogP contribution in [0.15, 0.2) is 65.4 Å². The molecule has 1 fully saturated rings. The lowest BCUT2D eigenvalue weighted by molar-refractivity contribution is 0.155. The lowest BCUT2D eigenvalue weighted by atomic mass is 9.61. The van der Waals surface area contributed by atoms with Crippen LogP contribution in [0.1, 0.15) is 49.7 Å². The molecule has 0 saturated heterocycles. The lowest BCUT2D eigenvalue weighted by Crippen LogP contribution is -2.32. The summed E-state index contributed by atoms with van der Waals surface area (Å²) in [7, 11) is -2.88. The van der Waals surface area contributed by atoms with E-state index in [9.17, 15) is 8.42 Å². The summed E-state index contributed by atoms with van der Waals surface area (Å²) < 4.78 is 23.1. The van der Waals surface area contributed by atoms with Gasteiger partial charge in [0.1, 0.15) is 9.84 Å². The number of sulfone groups is 1. The van der Waals surface area contributed by atoms with Gasteiger partial charge in [0.2, 0.25) is 0 Å². The van der Waals surface area contributed by atoms with Gasteiger partial charge in [-0.1, -0.05) is 67.6 Å². The summed E-state index contributed by atoms with van der Waals surface area (Å²) in [5, 5.41) is 6.73. The minimum absolute atomic E-state index is 0.142. The predicted octanol–water partition coefficient (Wildman–Crippen LogP) is 6.94. The fourth-order valence-electron chi connectivity index (χ4n) is 5.05. The van der Waals surface area contributed by atoms with E-state index in [0.717, 1.165) is 25.7 Å². The van der Waals surface area contributed by atoms with Crippen LogP contribution in [-0.4, -0.2) is 20.4 Å². The van der Waals surface area contributed by atoms with Crippen molar-refractivity contribution in [2.24, 2.45) is 11.3 Å². The summed E-state index contributed by atoms with van der Waals surface area (Å²) in [6.45, 7) is 2.28. The van der Waals surface area contributed by atoms with Crippen LogP contribution in [-0.2, 0) is 9.84 Å². The van der Waals surface area contributed by atoms with E-state index < -0.39 is 9.84 Å². The van der Waals surface area contributed by atoms with Gasteiger partial charge in [0.25, 0.3) is 0 Å². The normalized spacial score (nSPS) is 25.1.